The lowest BCUT2D eigenvalue weighted by molar-refractivity contribution is -0.141. The van der Waals surface area contributed by atoms with Crippen molar-refractivity contribution < 1.29 is 18.0 Å². The predicted molar refractivity (Wildman–Crippen MR) is 111 cm³/mol. The highest BCUT2D eigenvalue weighted by Crippen LogP contribution is 2.37. The summed E-state index contributed by atoms with van der Waals surface area (Å²) in [6.07, 6.45) is -1.62. The minimum absolute atomic E-state index is 0.0480. The van der Waals surface area contributed by atoms with Crippen molar-refractivity contribution in [2.45, 2.75) is 45.3 Å². The number of aromatic nitrogens is 4. The number of carbonyl (C=O) groups excluding carboxylic acids is 1. The molecule has 3 aromatic rings. The van der Waals surface area contributed by atoms with Gasteiger partial charge in [-0.3, -0.25) is 4.79 Å². The first kappa shape index (κ1) is 21.4. The van der Waals surface area contributed by atoms with Crippen LogP contribution >= 0.6 is 11.6 Å². The lowest BCUT2D eigenvalue weighted by Crippen LogP contribution is -2.29. The first-order valence-electron chi connectivity index (χ1n) is 9.86. The molecule has 0 unspecified atom stereocenters. The molecule has 10 heteroatoms. The van der Waals surface area contributed by atoms with Crippen molar-refractivity contribution in [3.63, 3.8) is 0 Å². The highest BCUT2D eigenvalue weighted by molar-refractivity contribution is 6.30. The minimum Gasteiger partial charge on any atom is -0.322 e. The number of hydrogen-bond donors (Lipinski definition) is 0. The summed E-state index contributed by atoms with van der Waals surface area (Å²) in [6.45, 7) is 5.86. The summed E-state index contributed by atoms with van der Waals surface area (Å²) < 4.78 is 42.2. The van der Waals surface area contributed by atoms with E-state index in [4.69, 9.17) is 11.6 Å². The van der Waals surface area contributed by atoms with E-state index in [1.807, 2.05) is 26.0 Å². The molecule has 31 heavy (non-hydrogen) atoms. The van der Waals surface area contributed by atoms with Crippen molar-refractivity contribution in [3.05, 3.63) is 58.9 Å². The molecule has 6 nitrogen and oxygen atoms in total. The molecular weight excluding hydrogens is 431 g/mol. The zero-order chi connectivity index (χ0) is 22.5. The molecular formula is C21H21ClF3N5O. The Hall–Kier alpha value is -2.81. The molecule has 1 aliphatic heterocycles. The zero-order valence-electron chi connectivity index (χ0n) is 17.2. The van der Waals surface area contributed by atoms with Gasteiger partial charge in [0.25, 0.3) is 0 Å². The van der Waals surface area contributed by atoms with Crippen molar-refractivity contribution in [1.82, 2.24) is 19.3 Å². The van der Waals surface area contributed by atoms with Crippen LogP contribution in [0.25, 0.3) is 5.69 Å². The number of anilines is 1. The summed E-state index contributed by atoms with van der Waals surface area (Å²) >= 11 is 5.99. The van der Waals surface area contributed by atoms with Gasteiger partial charge in [-0.15, -0.1) is 0 Å². The Morgan fingerprint density at radius 2 is 1.87 bits per heavy atom. The molecule has 1 aromatic carbocycles. The fourth-order valence-electron chi connectivity index (χ4n) is 3.99. The van der Waals surface area contributed by atoms with Gasteiger partial charge < -0.3 is 9.47 Å². The van der Waals surface area contributed by atoms with Gasteiger partial charge in [-0.05, 0) is 43.5 Å². The van der Waals surface area contributed by atoms with Crippen LogP contribution in [0.1, 0.15) is 49.4 Å². The Kier molecular flexibility index (Phi) is 5.33. The number of nitrogens with zero attached hydrogens (tertiary/aromatic N) is 5. The van der Waals surface area contributed by atoms with Crippen LogP contribution in [0.4, 0.5) is 18.9 Å². The normalized spacial score (nSPS) is 17.2. The average Bonchev–Trinajstić information content (AvgIpc) is 3.38. The highest BCUT2D eigenvalue weighted by Gasteiger charge is 2.40. The van der Waals surface area contributed by atoms with Crippen LogP contribution in [0.15, 0.2) is 36.7 Å². The van der Waals surface area contributed by atoms with Crippen molar-refractivity contribution in [2.75, 3.05) is 11.4 Å². The molecule has 3 heterocycles. The quantitative estimate of drug-likeness (QED) is 0.551. The molecule has 0 spiro atoms. The molecule has 0 saturated carbocycles. The van der Waals surface area contributed by atoms with Crippen LogP contribution in [0.2, 0.25) is 5.02 Å². The Morgan fingerprint density at radius 1 is 1.19 bits per heavy atom. The Balaban J connectivity index is 1.68. The van der Waals surface area contributed by atoms with Gasteiger partial charge in [-0.25, -0.2) is 9.67 Å². The standard InChI is InChI=1S/C21H21ClF3N5O/c1-12(2)19-17(10-26-30(19)15-6-4-14(22)5-7-15)28-9-8-16(20(28)31)29-11-18(21(23,24)25)27-13(29)3/h4-7,10-12,16H,8-9H2,1-3H3/t16-/m1/s1. The van der Waals surface area contributed by atoms with Gasteiger partial charge in [0.1, 0.15) is 11.9 Å². The van der Waals surface area contributed by atoms with Crippen molar-refractivity contribution in [2.24, 2.45) is 0 Å². The van der Waals surface area contributed by atoms with E-state index in [1.54, 1.807) is 27.9 Å². The van der Waals surface area contributed by atoms with Crippen LogP contribution in [0.5, 0.6) is 0 Å². The number of imidazole rings is 1. The highest BCUT2D eigenvalue weighted by atomic mass is 35.5. The van der Waals surface area contributed by atoms with Gasteiger partial charge in [0, 0.05) is 17.8 Å². The zero-order valence-corrected chi connectivity index (χ0v) is 17.9. The number of halogens is 4. The van der Waals surface area contributed by atoms with Crippen LogP contribution in [0, 0.1) is 6.92 Å². The van der Waals surface area contributed by atoms with Crippen LogP contribution < -0.4 is 4.90 Å². The van der Waals surface area contributed by atoms with E-state index in [9.17, 15) is 18.0 Å². The van der Waals surface area contributed by atoms with Gasteiger partial charge in [-0.2, -0.15) is 18.3 Å². The van der Waals surface area contributed by atoms with Crippen LogP contribution in [-0.2, 0) is 11.0 Å². The second-order valence-corrected chi connectivity index (χ2v) is 8.27. The third kappa shape index (κ3) is 3.82. The number of amides is 1. The first-order valence-corrected chi connectivity index (χ1v) is 10.2. The number of carbonyl (C=O) groups is 1. The van der Waals surface area contributed by atoms with Gasteiger partial charge in [0.15, 0.2) is 5.69 Å². The van der Waals surface area contributed by atoms with E-state index in [-0.39, 0.29) is 17.6 Å². The van der Waals surface area contributed by atoms with E-state index in [0.29, 0.717) is 23.7 Å². The maximum absolute atomic E-state index is 13.2. The summed E-state index contributed by atoms with van der Waals surface area (Å²) in [4.78, 5) is 18.4. The summed E-state index contributed by atoms with van der Waals surface area (Å²) in [5.41, 5.74) is 1.32. The smallest absolute Gasteiger partial charge is 0.322 e. The summed E-state index contributed by atoms with van der Waals surface area (Å²) in [5.74, 6) is -0.0629. The number of alkyl halides is 3. The predicted octanol–water partition coefficient (Wildman–Crippen LogP) is 5.15. The summed E-state index contributed by atoms with van der Waals surface area (Å²) in [5, 5.41) is 5.09. The van der Waals surface area contributed by atoms with Crippen molar-refractivity contribution >= 4 is 23.2 Å². The lowest BCUT2D eigenvalue weighted by Gasteiger charge is -2.20. The van der Waals surface area contributed by atoms with Crippen molar-refractivity contribution in [1.29, 1.82) is 0 Å². The summed E-state index contributed by atoms with van der Waals surface area (Å²) in [6, 6.07) is 6.47. The number of hydrogen-bond acceptors (Lipinski definition) is 3. The maximum atomic E-state index is 13.2. The summed E-state index contributed by atoms with van der Waals surface area (Å²) in [7, 11) is 0. The van der Waals surface area contributed by atoms with E-state index >= 15 is 0 Å². The molecule has 0 radical (unpaired) electrons. The lowest BCUT2D eigenvalue weighted by atomic mass is 10.1. The molecule has 1 saturated heterocycles. The molecule has 0 aliphatic carbocycles. The minimum atomic E-state index is -4.55. The molecule has 0 N–H and O–H groups in total. The molecule has 164 valence electrons. The fraction of sp³-hybridized carbons (Fsp3) is 0.381. The van der Waals surface area contributed by atoms with E-state index in [1.165, 1.54) is 11.5 Å². The SMILES string of the molecule is Cc1nc(C(F)(F)F)cn1[C@@H]1CCN(c2cnn(-c3ccc(Cl)cc3)c2C(C)C)C1=O. The Morgan fingerprint density at radius 3 is 2.45 bits per heavy atom. The van der Waals surface area contributed by atoms with E-state index < -0.39 is 17.9 Å². The van der Waals surface area contributed by atoms with Crippen LogP contribution in [0.3, 0.4) is 0 Å². The average molecular weight is 452 g/mol. The van der Waals surface area contributed by atoms with E-state index in [2.05, 4.69) is 10.1 Å². The monoisotopic (exact) mass is 451 g/mol. The van der Waals surface area contributed by atoms with Crippen molar-refractivity contribution in [3.8, 4) is 5.69 Å². The molecule has 0 bridgehead atoms. The maximum Gasteiger partial charge on any atom is 0.434 e. The molecule has 1 fully saturated rings. The topological polar surface area (TPSA) is 56.0 Å². The van der Waals surface area contributed by atoms with Gasteiger partial charge in [0.05, 0.1) is 23.3 Å². The third-order valence-electron chi connectivity index (χ3n) is 5.42. The molecule has 1 aliphatic rings. The molecule has 4 rings (SSSR count). The Labute approximate surface area is 182 Å². The molecule has 1 atom stereocenters. The van der Waals surface area contributed by atoms with Crippen LogP contribution in [-0.4, -0.2) is 31.8 Å². The number of benzene rings is 1. The molecule has 1 amide bonds. The third-order valence-corrected chi connectivity index (χ3v) is 5.67. The largest absolute Gasteiger partial charge is 0.434 e. The second kappa shape index (κ2) is 7.71. The Bertz CT molecular complexity index is 1120. The number of rotatable bonds is 4. The fourth-order valence-corrected chi connectivity index (χ4v) is 4.11. The van der Waals surface area contributed by atoms with Gasteiger partial charge >= 0.3 is 6.18 Å². The molecule has 2 aromatic heterocycles. The number of aryl methyl sites for hydroxylation is 1. The van der Waals surface area contributed by atoms with E-state index in [0.717, 1.165) is 17.6 Å². The second-order valence-electron chi connectivity index (χ2n) is 7.83. The van der Waals surface area contributed by atoms with Gasteiger partial charge in [-0.1, -0.05) is 25.4 Å². The van der Waals surface area contributed by atoms with Gasteiger partial charge in [0.2, 0.25) is 5.91 Å². The first-order chi connectivity index (χ1) is 14.6.